The van der Waals surface area contributed by atoms with Crippen LogP contribution in [0.4, 0.5) is 0 Å². The second-order valence-electron chi connectivity index (χ2n) is 10.8. The lowest BCUT2D eigenvalue weighted by atomic mass is 9.46. The van der Waals surface area contributed by atoms with E-state index < -0.39 is 0 Å². The topological polar surface area (TPSA) is 0 Å². The van der Waals surface area contributed by atoms with Crippen molar-refractivity contribution in [3.05, 3.63) is 166 Å². The van der Waals surface area contributed by atoms with Gasteiger partial charge in [0, 0.05) is 0 Å². The standard InChI is InChI=1S/C36H20/c1-2-16-26-25(15-1)35-27-17-3-4-18-28(27)36(26)30-20-8-12-22-10-6-14-24(32(22)30)34(36)33(35)23-13-5-9-21-11-7-19-29(35)31(21)23/h1-20H. The van der Waals surface area contributed by atoms with Gasteiger partial charge >= 0.3 is 0 Å². The summed E-state index contributed by atoms with van der Waals surface area (Å²) >= 11 is 0. The van der Waals surface area contributed by atoms with E-state index >= 15 is 0 Å². The molecule has 0 saturated carbocycles. The first-order chi connectivity index (χ1) is 17.9. The van der Waals surface area contributed by atoms with Crippen LogP contribution < -0.4 is 0 Å². The Morgan fingerprint density at radius 3 is 1.03 bits per heavy atom. The SMILES string of the molecule is c1ccc2c(c1)C13C(=C4c5cccc6cccc(c56)C42c2ccccc21)c1cccc2cccc3c12. The van der Waals surface area contributed by atoms with Gasteiger partial charge in [0.1, 0.15) is 0 Å². The van der Waals surface area contributed by atoms with Crippen LogP contribution in [0, 0.1) is 0 Å². The highest BCUT2D eigenvalue weighted by molar-refractivity contribution is 6.25. The van der Waals surface area contributed by atoms with Gasteiger partial charge in [-0.2, -0.15) is 0 Å². The molecule has 164 valence electrons. The molecule has 0 atom stereocenters. The molecule has 0 heteroatoms. The zero-order chi connectivity index (χ0) is 23.2. The Morgan fingerprint density at radius 2 is 0.639 bits per heavy atom. The molecule has 5 aliphatic carbocycles. The lowest BCUT2D eigenvalue weighted by Gasteiger charge is -2.55. The summed E-state index contributed by atoms with van der Waals surface area (Å²) in [6.07, 6.45) is 0. The Morgan fingerprint density at radius 1 is 0.306 bits per heavy atom. The summed E-state index contributed by atoms with van der Waals surface area (Å²) in [5.41, 5.74) is 14.0. The van der Waals surface area contributed by atoms with Gasteiger partial charge in [-0.05, 0) is 77.2 Å². The van der Waals surface area contributed by atoms with E-state index in [0.29, 0.717) is 0 Å². The average Bonchev–Trinajstić information content (AvgIpc) is 3.42. The number of rotatable bonds is 0. The van der Waals surface area contributed by atoms with Crippen molar-refractivity contribution >= 4 is 32.7 Å². The predicted molar refractivity (Wildman–Crippen MR) is 147 cm³/mol. The lowest BCUT2D eigenvalue weighted by molar-refractivity contribution is 0.651. The quantitative estimate of drug-likeness (QED) is 0.218. The van der Waals surface area contributed by atoms with Gasteiger partial charge in [-0.3, -0.25) is 0 Å². The zero-order valence-corrected chi connectivity index (χ0v) is 19.5. The van der Waals surface area contributed by atoms with Gasteiger partial charge in [0.2, 0.25) is 0 Å². The maximum Gasteiger partial charge on any atom is 0.0723 e. The highest BCUT2D eigenvalue weighted by Crippen LogP contribution is 2.75. The molecule has 11 rings (SSSR count). The third-order valence-corrected chi connectivity index (χ3v) is 9.63. The number of hydrogen-bond donors (Lipinski definition) is 0. The summed E-state index contributed by atoms with van der Waals surface area (Å²) in [6, 6.07) is 46.4. The maximum absolute atomic E-state index is 2.41. The normalized spacial score (nSPS) is 23.1. The molecule has 5 aliphatic rings. The van der Waals surface area contributed by atoms with Crippen LogP contribution in [0.3, 0.4) is 0 Å². The van der Waals surface area contributed by atoms with Gasteiger partial charge in [0.25, 0.3) is 0 Å². The molecule has 36 heavy (non-hydrogen) atoms. The molecule has 6 aromatic rings. The Balaban J connectivity index is 1.60. The van der Waals surface area contributed by atoms with Crippen molar-refractivity contribution in [3.63, 3.8) is 0 Å². The molecule has 6 aromatic carbocycles. The Bertz CT molecular complexity index is 1850. The molecule has 0 heterocycles. The van der Waals surface area contributed by atoms with E-state index in [-0.39, 0.29) is 10.8 Å². The molecule has 0 radical (unpaired) electrons. The van der Waals surface area contributed by atoms with E-state index in [0.717, 1.165) is 0 Å². The third-order valence-electron chi connectivity index (χ3n) is 9.63. The van der Waals surface area contributed by atoms with Crippen LogP contribution in [0.1, 0.15) is 44.5 Å². The average molecular weight is 453 g/mol. The van der Waals surface area contributed by atoms with Crippen molar-refractivity contribution in [2.24, 2.45) is 0 Å². The maximum atomic E-state index is 2.41. The smallest absolute Gasteiger partial charge is 0.0619 e. The highest BCUT2D eigenvalue weighted by atomic mass is 14.7. The molecular formula is C36H20. The lowest BCUT2D eigenvalue weighted by Crippen LogP contribution is -2.48. The fourth-order valence-electron chi connectivity index (χ4n) is 8.72. The van der Waals surface area contributed by atoms with Gasteiger partial charge < -0.3 is 0 Å². The first-order valence-electron chi connectivity index (χ1n) is 12.9. The monoisotopic (exact) mass is 452 g/mol. The van der Waals surface area contributed by atoms with Crippen molar-refractivity contribution in [1.29, 1.82) is 0 Å². The third kappa shape index (κ3) is 1.53. The van der Waals surface area contributed by atoms with Gasteiger partial charge in [0.05, 0.1) is 10.8 Å². The van der Waals surface area contributed by atoms with Gasteiger partial charge in [-0.25, -0.2) is 0 Å². The number of allylic oxidation sites excluding steroid dienone is 2. The predicted octanol–water partition coefficient (Wildman–Crippen LogP) is 8.23. The summed E-state index contributed by atoms with van der Waals surface area (Å²) in [7, 11) is 0. The molecular weight excluding hydrogens is 432 g/mol. The van der Waals surface area contributed by atoms with Crippen LogP contribution in [-0.4, -0.2) is 0 Å². The zero-order valence-electron chi connectivity index (χ0n) is 19.5. The van der Waals surface area contributed by atoms with E-state index in [9.17, 15) is 0 Å². The van der Waals surface area contributed by atoms with Crippen LogP contribution in [0.25, 0.3) is 32.7 Å². The van der Waals surface area contributed by atoms with Crippen LogP contribution in [0.15, 0.2) is 121 Å². The summed E-state index contributed by atoms with van der Waals surface area (Å²) in [4.78, 5) is 0. The van der Waals surface area contributed by atoms with Crippen molar-refractivity contribution in [3.8, 4) is 0 Å². The second-order valence-corrected chi connectivity index (χ2v) is 10.8. The molecule has 2 bridgehead atoms. The highest BCUT2D eigenvalue weighted by Gasteiger charge is 2.65. The van der Waals surface area contributed by atoms with E-state index in [2.05, 4.69) is 121 Å². The van der Waals surface area contributed by atoms with Crippen molar-refractivity contribution in [2.75, 3.05) is 0 Å². The van der Waals surface area contributed by atoms with Crippen LogP contribution in [0.5, 0.6) is 0 Å². The number of hydrogen-bond acceptors (Lipinski definition) is 0. The first kappa shape index (κ1) is 17.9. The molecule has 0 unspecified atom stereocenters. The van der Waals surface area contributed by atoms with Crippen molar-refractivity contribution < 1.29 is 0 Å². The van der Waals surface area contributed by atoms with Crippen molar-refractivity contribution in [2.45, 2.75) is 10.8 Å². The molecule has 0 N–H and O–H groups in total. The fourth-order valence-corrected chi connectivity index (χ4v) is 8.72. The van der Waals surface area contributed by atoms with E-state index in [4.69, 9.17) is 0 Å². The molecule has 0 amide bonds. The van der Waals surface area contributed by atoms with E-state index in [1.54, 1.807) is 0 Å². The minimum Gasteiger partial charge on any atom is -0.0619 e. The molecule has 0 aliphatic heterocycles. The van der Waals surface area contributed by atoms with Gasteiger partial charge in [-0.1, -0.05) is 121 Å². The minimum atomic E-state index is -0.294. The summed E-state index contributed by atoms with van der Waals surface area (Å²) < 4.78 is 0. The number of benzene rings is 6. The summed E-state index contributed by atoms with van der Waals surface area (Å²) in [6.45, 7) is 0. The molecule has 0 nitrogen and oxygen atoms in total. The van der Waals surface area contributed by atoms with Crippen LogP contribution in [-0.2, 0) is 10.8 Å². The second kappa shape index (κ2) is 5.53. The molecule has 0 saturated heterocycles. The fraction of sp³-hybridized carbons (Fsp3) is 0.0556. The van der Waals surface area contributed by atoms with Gasteiger partial charge in [0.15, 0.2) is 0 Å². The molecule has 0 fully saturated rings. The Hall–Kier alpha value is -4.42. The van der Waals surface area contributed by atoms with E-state index in [1.807, 2.05) is 0 Å². The molecule has 0 aromatic heterocycles. The first-order valence-corrected chi connectivity index (χ1v) is 12.9. The van der Waals surface area contributed by atoms with E-state index in [1.165, 1.54) is 77.2 Å². The minimum absolute atomic E-state index is 0.294. The molecule has 2 spiro atoms. The summed E-state index contributed by atoms with van der Waals surface area (Å²) in [5, 5.41) is 5.52. The summed E-state index contributed by atoms with van der Waals surface area (Å²) in [5.74, 6) is 0. The largest absolute Gasteiger partial charge is 0.0723 e. The van der Waals surface area contributed by atoms with Gasteiger partial charge in [-0.15, -0.1) is 0 Å². The van der Waals surface area contributed by atoms with Crippen LogP contribution >= 0.6 is 0 Å². The Labute approximate surface area is 209 Å². The Kier molecular flexibility index (Phi) is 2.75. The van der Waals surface area contributed by atoms with Crippen molar-refractivity contribution in [1.82, 2.24) is 0 Å². The van der Waals surface area contributed by atoms with Crippen LogP contribution in [0.2, 0.25) is 0 Å².